The average Bonchev–Trinajstić information content (AvgIpc) is 2.71. The molecule has 5 N–H and O–H groups in total. The van der Waals surface area contributed by atoms with Gasteiger partial charge in [-0.2, -0.15) is 0 Å². The molecular formula is C14H18N4O2. The number of nitrogens with zero attached hydrogens (tertiary/aromatic N) is 1. The Bertz CT molecular complexity index is 629. The predicted octanol–water partition coefficient (Wildman–Crippen LogP) is 2.15. The number of benzene rings is 1. The summed E-state index contributed by atoms with van der Waals surface area (Å²) in [6.45, 7) is 5.66. The molecule has 1 aromatic carbocycles. The number of aromatic nitrogens is 1. The molecule has 0 saturated heterocycles. The van der Waals surface area contributed by atoms with Crippen LogP contribution in [0.25, 0.3) is 0 Å². The molecule has 6 heteroatoms. The zero-order valence-corrected chi connectivity index (χ0v) is 11.7. The molecule has 106 valence electrons. The van der Waals surface area contributed by atoms with Crippen molar-refractivity contribution >= 4 is 17.3 Å². The highest BCUT2D eigenvalue weighted by atomic mass is 16.5. The molecular weight excluding hydrogens is 256 g/mol. The second kappa shape index (κ2) is 5.24. The topological polar surface area (TPSA) is 107 Å². The van der Waals surface area contributed by atoms with Gasteiger partial charge >= 0.3 is 0 Å². The predicted molar refractivity (Wildman–Crippen MR) is 77.4 cm³/mol. The second-order valence-electron chi connectivity index (χ2n) is 4.74. The molecule has 0 saturated carbocycles. The number of nitrogen functional groups attached to an aromatic ring is 1. The summed E-state index contributed by atoms with van der Waals surface area (Å²) in [5.74, 6) is 0.211. The van der Waals surface area contributed by atoms with E-state index in [2.05, 4.69) is 10.5 Å². The summed E-state index contributed by atoms with van der Waals surface area (Å²) in [6.07, 6.45) is 0. The van der Waals surface area contributed by atoms with Crippen LogP contribution >= 0.6 is 0 Å². The zero-order valence-electron chi connectivity index (χ0n) is 11.7. The maximum atomic E-state index is 11.5. The fourth-order valence-electron chi connectivity index (χ4n) is 2.33. The van der Waals surface area contributed by atoms with Gasteiger partial charge in [0, 0.05) is 5.56 Å². The van der Waals surface area contributed by atoms with Gasteiger partial charge in [-0.1, -0.05) is 11.2 Å². The van der Waals surface area contributed by atoms with Crippen LogP contribution in [0.5, 0.6) is 0 Å². The molecule has 1 heterocycles. The number of carbonyl (C=O) groups is 1. The zero-order chi connectivity index (χ0) is 14.9. The first-order chi connectivity index (χ1) is 9.41. The van der Waals surface area contributed by atoms with Crippen LogP contribution in [0.4, 0.5) is 11.4 Å². The van der Waals surface area contributed by atoms with Crippen LogP contribution in [0.15, 0.2) is 22.7 Å². The van der Waals surface area contributed by atoms with Gasteiger partial charge in [0.1, 0.15) is 5.76 Å². The molecule has 1 aromatic heterocycles. The second-order valence-corrected chi connectivity index (χ2v) is 4.74. The molecule has 0 aliphatic heterocycles. The van der Waals surface area contributed by atoms with Crippen LogP contribution < -0.4 is 16.8 Å². The lowest BCUT2D eigenvalue weighted by atomic mass is 10.0. The molecule has 0 radical (unpaired) electrons. The van der Waals surface area contributed by atoms with Crippen LogP contribution in [0.1, 0.15) is 40.3 Å². The van der Waals surface area contributed by atoms with Gasteiger partial charge in [-0.05, 0) is 32.9 Å². The summed E-state index contributed by atoms with van der Waals surface area (Å²) < 4.78 is 5.15. The Morgan fingerprint density at radius 2 is 2.10 bits per heavy atom. The van der Waals surface area contributed by atoms with Crippen molar-refractivity contribution < 1.29 is 9.32 Å². The minimum Gasteiger partial charge on any atom is -0.397 e. The molecule has 20 heavy (non-hydrogen) atoms. The smallest absolute Gasteiger partial charge is 0.250 e. The van der Waals surface area contributed by atoms with Crippen molar-refractivity contribution in [3.63, 3.8) is 0 Å². The van der Waals surface area contributed by atoms with E-state index in [1.165, 1.54) is 0 Å². The number of nitrogens with two attached hydrogens (primary N) is 2. The van der Waals surface area contributed by atoms with Crippen molar-refractivity contribution in [1.82, 2.24) is 5.16 Å². The Balaban J connectivity index is 2.38. The van der Waals surface area contributed by atoms with E-state index in [1.807, 2.05) is 20.8 Å². The Hall–Kier alpha value is -2.50. The largest absolute Gasteiger partial charge is 0.397 e. The lowest BCUT2D eigenvalue weighted by Crippen LogP contribution is -2.17. The molecule has 1 atom stereocenters. The first kappa shape index (κ1) is 13.9. The Kier molecular flexibility index (Phi) is 3.65. The summed E-state index contributed by atoms with van der Waals surface area (Å²) in [5.41, 5.74) is 14.4. The van der Waals surface area contributed by atoms with E-state index in [4.69, 9.17) is 16.0 Å². The summed E-state index contributed by atoms with van der Waals surface area (Å²) >= 11 is 0. The lowest BCUT2D eigenvalue weighted by molar-refractivity contribution is 0.100. The molecule has 0 fully saturated rings. The van der Waals surface area contributed by atoms with Crippen molar-refractivity contribution in [3.8, 4) is 0 Å². The average molecular weight is 274 g/mol. The van der Waals surface area contributed by atoms with Crippen LogP contribution in [-0.4, -0.2) is 11.1 Å². The number of aryl methyl sites for hydroxylation is 2. The summed E-state index contributed by atoms with van der Waals surface area (Å²) in [4.78, 5) is 11.5. The van der Waals surface area contributed by atoms with Crippen LogP contribution in [0.2, 0.25) is 0 Å². The van der Waals surface area contributed by atoms with Gasteiger partial charge in [0.25, 0.3) is 5.91 Å². The van der Waals surface area contributed by atoms with Crippen LogP contribution in [0.3, 0.4) is 0 Å². The summed E-state index contributed by atoms with van der Waals surface area (Å²) in [6, 6.07) is 4.95. The highest BCUT2D eigenvalue weighted by Crippen LogP contribution is 2.30. The van der Waals surface area contributed by atoms with Crippen molar-refractivity contribution in [2.45, 2.75) is 26.8 Å². The van der Waals surface area contributed by atoms with E-state index < -0.39 is 5.91 Å². The number of rotatable bonds is 4. The van der Waals surface area contributed by atoms with Gasteiger partial charge in [0.05, 0.1) is 28.7 Å². The summed E-state index contributed by atoms with van der Waals surface area (Å²) in [7, 11) is 0. The van der Waals surface area contributed by atoms with E-state index >= 15 is 0 Å². The number of hydrogen-bond donors (Lipinski definition) is 3. The van der Waals surface area contributed by atoms with Crippen molar-refractivity contribution in [2.24, 2.45) is 5.73 Å². The third kappa shape index (κ3) is 2.45. The molecule has 2 aromatic rings. The third-order valence-electron chi connectivity index (χ3n) is 3.24. The minimum atomic E-state index is -0.522. The number of para-hydroxylation sites is 1. The van der Waals surface area contributed by atoms with E-state index in [9.17, 15) is 4.79 Å². The standard InChI is InChI=1S/C14H18N4O2/c1-7(12-8(2)18-20-9(12)3)17-13-10(14(16)19)5-4-6-11(13)15/h4-7,17H,15H2,1-3H3,(H2,16,19). The quantitative estimate of drug-likeness (QED) is 0.740. The number of primary amides is 1. The minimum absolute atomic E-state index is 0.107. The van der Waals surface area contributed by atoms with Gasteiger partial charge in [-0.15, -0.1) is 0 Å². The van der Waals surface area contributed by atoms with Gasteiger partial charge in [0.15, 0.2) is 0 Å². The van der Waals surface area contributed by atoms with Gasteiger partial charge in [-0.25, -0.2) is 0 Å². The normalized spacial score (nSPS) is 12.2. The lowest BCUT2D eigenvalue weighted by Gasteiger charge is -2.18. The van der Waals surface area contributed by atoms with E-state index in [-0.39, 0.29) is 6.04 Å². The maximum Gasteiger partial charge on any atom is 0.250 e. The van der Waals surface area contributed by atoms with E-state index in [0.717, 1.165) is 17.0 Å². The molecule has 0 aliphatic carbocycles. The number of amides is 1. The fraction of sp³-hybridized carbons (Fsp3) is 0.286. The fourth-order valence-corrected chi connectivity index (χ4v) is 2.33. The highest BCUT2D eigenvalue weighted by molar-refractivity contribution is 6.01. The van der Waals surface area contributed by atoms with Gasteiger partial charge in [-0.3, -0.25) is 4.79 Å². The van der Waals surface area contributed by atoms with Crippen molar-refractivity contribution in [2.75, 3.05) is 11.1 Å². The number of carbonyl (C=O) groups excluding carboxylic acids is 1. The molecule has 2 rings (SSSR count). The number of hydrogen-bond acceptors (Lipinski definition) is 5. The highest BCUT2D eigenvalue weighted by Gasteiger charge is 2.19. The molecule has 6 nitrogen and oxygen atoms in total. The monoisotopic (exact) mass is 274 g/mol. The van der Waals surface area contributed by atoms with Crippen molar-refractivity contribution in [1.29, 1.82) is 0 Å². The third-order valence-corrected chi connectivity index (χ3v) is 3.24. The maximum absolute atomic E-state index is 11.5. The van der Waals surface area contributed by atoms with E-state index in [0.29, 0.717) is 16.9 Å². The Morgan fingerprint density at radius 3 is 2.65 bits per heavy atom. The number of anilines is 2. The molecule has 0 spiro atoms. The first-order valence-electron chi connectivity index (χ1n) is 6.29. The van der Waals surface area contributed by atoms with Gasteiger partial charge in [0.2, 0.25) is 0 Å². The molecule has 1 unspecified atom stereocenters. The molecule has 1 amide bonds. The van der Waals surface area contributed by atoms with Crippen molar-refractivity contribution in [3.05, 3.63) is 40.8 Å². The van der Waals surface area contributed by atoms with Crippen LogP contribution in [0, 0.1) is 13.8 Å². The molecule has 0 bridgehead atoms. The van der Waals surface area contributed by atoms with E-state index in [1.54, 1.807) is 18.2 Å². The Morgan fingerprint density at radius 1 is 1.40 bits per heavy atom. The molecule has 0 aliphatic rings. The first-order valence-corrected chi connectivity index (χ1v) is 6.29. The van der Waals surface area contributed by atoms with Crippen LogP contribution in [-0.2, 0) is 0 Å². The number of nitrogens with one attached hydrogen (secondary N) is 1. The SMILES string of the molecule is Cc1noc(C)c1C(C)Nc1c(N)cccc1C(N)=O. The van der Waals surface area contributed by atoms with Gasteiger partial charge < -0.3 is 21.3 Å². The Labute approximate surface area is 117 Å². The summed E-state index contributed by atoms with van der Waals surface area (Å²) in [5, 5.41) is 7.14.